The molecule has 1 saturated heterocycles. The topological polar surface area (TPSA) is 32.8 Å². The molecule has 0 radical (unpaired) electrons. The molecule has 0 aromatic carbocycles. The summed E-state index contributed by atoms with van der Waals surface area (Å²) in [5, 5.41) is 0. The molecule has 1 aliphatic heterocycles. The smallest absolute Gasteiger partial charge is 0.320 e. The van der Waals surface area contributed by atoms with Gasteiger partial charge in [-0.15, -0.1) is 0 Å². The van der Waals surface area contributed by atoms with Crippen molar-refractivity contribution in [2.24, 2.45) is 5.41 Å². The molecule has 4 heteroatoms. The van der Waals surface area contributed by atoms with E-state index in [0.29, 0.717) is 18.6 Å². The molecule has 100 valence electrons. The molecule has 0 spiro atoms. The molecule has 0 N–H and O–H groups in total. The van der Waals surface area contributed by atoms with Crippen molar-refractivity contribution in [1.29, 1.82) is 0 Å². The first kappa shape index (κ1) is 14.5. The Labute approximate surface area is 105 Å². The molecule has 4 nitrogen and oxygen atoms in total. The van der Waals surface area contributed by atoms with Crippen molar-refractivity contribution >= 4 is 5.97 Å². The second kappa shape index (κ2) is 6.36. The fourth-order valence-corrected chi connectivity index (χ4v) is 2.17. The van der Waals surface area contributed by atoms with Gasteiger partial charge in [-0.25, -0.2) is 0 Å². The van der Waals surface area contributed by atoms with Crippen LogP contribution in [-0.4, -0.2) is 61.6 Å². The molecule has 0 unspecified atom stereocenters. The number of rotatable bonds is 4. The van der Waals surface area contributed by atoms with Gasteiger partial charge in [-0.3, -0.25) is 9.69 Å². The molecule has 1 rings (SSSR count). The average molecular weight is 242 g/mol. The lowest BCUT2D eigenvalue weighted by Crippen LogP contribution is -2.49. The fourth-order valence-electron chi connectivity index (χ4n) is 2.17. The lowest BCUT2D eigenvalue weighted by molar-refractivity contribution is -0.144. The van der Waals surface area contributed by atoms with Gasteiger partial charge >= 0.3 is 5.97 Å². The molecule has 0 amide bonds. The zero-order valence-electron chi connectivity index (χ0n) is 11.7. The highest BCUT2D eigenvalue weighted by Gasteiger charge is 2.22. The number of piperazine rings is 1. The maximum Gasteiger partial charge on any atom is 0.320 e. The van der Waals surface area contributed by atoms with Crippen molar-refractivity contribution in [2.45, 2.75) is 27.7 Å². The quantitative estimate of drug-likeness (QED) is 0.694. The van der Waals surface area contributed by atoms with E-state index < -0.39 is 0 Å². The van der Waals surface area contributed by atoms with E-state index in [2.05, 4.69) is 30.6 Å². The number of ether oxygens (including phenoxy) is 1. The molecular weight excluding hydrogens is 216 g/mol. The largest absolute Gasteiger partial charge is 0.465 e. The molecule has 0 bridgehead atoms. The van der Waals surface area contributed by atoms with Gasteiger partial charge in [0, 0.05) is 32.7 Å². The van der Waals surface area contributed by atoms with E-state index >= 15 is 0 Å². The first-order chi connectivity index (χ1) is 7.90. The normalized spacial score (nSPS) is 19.3. The van der Waals surface area contributed by atoms with Gasteiger partial charge in [0.25, 0.3) is 0 Å². The Bertz CT molecular complexity index is 240. The van der Waals surface area contributed by atoms with Gasteiger partial charge in [0.15, 0.2) is 0 Å². The van der Waals surface area contributed by atoms with Crippen LogP contribution in [0.2, 0.25) is 0 Å². The summed E-state index contributed by atoms with van der Waals surface area (Å²) in [4.78, 5) is 16.0. The highest BCUT2D eigenvalue weighted by Crippen LogP contribution is 2.16. The van der Waals surface area contributed by atoms with Crippen LogP contribution in [0.15, 0.2) is 0 Å². The lowest BCUT2D eigenvalue weighted by Gasteiger charge is -2.37. The number of esters is 1. The predicted molar refractivity (Wildman–Crippen MR) is 69.0 cm³/mol. The van der Waals surface area contributed by atoms with Crippen molar-refractivity contribution in [3.8, 4) is 0 Å². The van der Waals surface area contributed by atoms with Crippen molar-refractivity contribution in [3.63, 3.8) is 0 Å². The van der Waals surface area contributed by atoms with E-state index in [1.54, 1.807) is 0 Å². The van der Waals surface area contributed by atoms with E-state index in [0.717, 1.165) is 32.7 Å². The summed E-state index contributed by atoms with van der Waals surface area (Å²) in [5.74, 6) is -0.100. The summed E-state index contributed by atoms with van der Waals surface area (Å²) >= 11 is 0. The maximum absolute atomic E-state index is 11.3. The number of hydrogen-bond donors (Lipinski definition) is 0. The second-order valence-electron chi connectivity index (χ2n) is 5.92. The minimum Gasteiger partial charge on any atom is -0.465 e. The predicted octanol–water partition coefficient (Wildman–Crippen LogP) is 1.21. The van der Waals surface area contributed by atoms with Gasteiger partial charge in [0.05, 0.1) is 13.2 Å². The standard InChI is InChI=1S/C13H26N2O2/c1-5-17-12(16)10-14-6-8-15(9-7-14)11-13(2,3)4/h5-11H2,1-4H3. The highest BCUT2D eigenvalue weighted by atomic mass is 16.5. The average Bonchev–Trinajstić information content (AvgIpc) is 2.19. The van der Waals surface area contributed by atoms with E-state index in [1.807, 2.05) is 6.92 Å². The van der Waals surface area contributed by atoms with E-state index in [1.165, 1.54) is 0 Å². The van der Waals surface area contributed by atoms with Crippen LogP contribution < -0.4 is 0 Å². The summed E-state index contributed by atoms with van der Waals surface area (Å²) in [6, 6.07) is 0. The lowest BCUT2D eigenvalue weighted by atomic mass is 9.96. The van der Waals surface area contributed by atoms with Crippen molar-refractivity contribution in [2.75, 3.05) is 45.9 Å². The Morgan fingerprint density at radius 2 is 1.65 bits per heavy atom. The minimum atomic E-state index is -0.100. The van der Waals surface area contributed by atoms with Crippen LogP contribution in [0, 0.1) is 5.41 Å². The minimum absolute atomic E-state index is 0.100. The third-order valence-corrected chi connectivity index (χ3v) is 2.82. The van der Waals surface area contributed by atoms with Crippen LogP contribution in [0.25, 0.3) is 0 Å². The number of nitrogens with zero attached hydrogens (tertiary/aromatic N) is 2. The molecular formula is C13H26N2O2. The monoisotopic (exact) mass is 242 g/mol. The molecule has 0 aromatic heterocycles. The van der Waals surface area contributed by atoms with E-state index in [4.69, 9.17) is 4.74 Å². The molecule has 0 atom stereocenters. The van der Waals surface area contributed by atoms with Crippen LogP contribution in [0.4, 0.5) is 0 Å². The molecule has 0 saturated carbocycles. The zero-order chi connectivity index (χ0) is 12.9. The molecule has 1 heterocycles. The summed E-state index contributed by atoms with van der Waals surface area (Å²) in [6.07, 6.45) is 0. The van der Waals surface area contributed by atoms with Gasteiger partial charge < -0.3 is 9.64 Å². The third kappa shape index (κ3) is 6.03. The second-order valence-corrected chi connectivity index (χ2v) is 5.92. The zero-order valence-corrected chi connectivity index (χ0v) is 11.7. The van der Waals surface area contributed by atoms with E-state index in [9.17, 15) is 4.79 Å². The molecule has 1 fully saturated rings. The number of hydrogen-bond acceptors (Lipinski definition) is 4. The Hall–Kier alpha value is -0.610. The number of carbonyl (C=O) groups excluding carboxylic acids is 1. The van der Waals surface area contributed by atoms with Gasteiger partial charge in [0.2, 0.25) is 0 Å². The van der Waals surface area contributed by atoms with Gasteiger partial charge in [-0.2, -0.15) is 0 Å². The Kier molecular flexibility index (Phi) is 5.40. The fraction of sp³-hybridized carbons (Fsp3) is 0.923. The van der Waals surface area contributed by atoms with Crippen molar-refractivity contribution in [1.82, 2.24) is 9.80 Å². The maximum atomic E-state index is 11.3. The van der Waals surface area contributed by atoms with Gasteiger partial charge in [0.1, 0.15) is 0 Å². The highest BCUT2D eigenvalue weighted by molar-refractivity contribution is 5.71. The van der Waals surface area contributed by atoms with Crippen LogP contribution in [0.1, 0.15) is 27.7 Å². The van der Waals surface area contributed by atoms with Crippen LogP contribution in [0.3, 0.4) is 0 Å². The number of carbonyl (C=O) groups is 1. The first-order valence-corrected chi connectivity index (χ1v) is 6.51. The van der Waals surface area contributed by atoms with Gasteiger partial charge in [-0.1, -0.05) is 20.8 Å². The summed E-state index contributed by atoms with van der Waals surface area (Å²) < 4.78 is 4.96. The van der Waals surface area contributed by atoms with Gasteiger partial charge in [-0.05, 0) is 12.3 Å². The molecule has 17 heavy (non-hydrogen) atoms. The summed E-state index contributed by atoms with van der Waals surface area (Å²) in [7, 11) is 0. The Balaban J connectivity index is 2.24. The first-order valence-electron chi connectivity index (χ1n) is 6.51. The van der Waals surface area contributed by atoms with E-state index in [-0.39, 0.29) is 5.97 Å². The van der Waals surface area contributed by atoms with Crippen LogP contribution >= 0.6 is 0 Å². The Morgan fingerprint density at radius 3 is 2.12 bits per heavy atom. The third-order valence-electron chi connectivity index (χ3n) is 2.82. The molecule has 0 aromatic rings. The van der Waals surface area contributed by atoms with Crippen molar-refractivity contribution < 1.29 is 9.53 Å². The van der Waals surface area contributed by atoms with Crippen LogP contribution in [0.5, 0.6) is 0 Å². The van der Waals surface area contributed by atoms with Crippen molar-refractivity contribution in [3.05, 3.63) is 0 Å². The SMILES string of the molecule is CCOC(=O)CN1CCN(CC(C)(C)C)CC1. The molecule has 0 aliphatic carbocycles. The summed E-state index contributed by atoms with van der Waals surface area (Å²) in [6.45, 7) is 14.7. The molecule has 1 aliphatic rings. The van der Waals surface area contributed by atoms with Crippen LogP contribution in [-0.2, 0) is 9.53 Å². The Morgan fingerprint density at radius 1 is 1.12 bits per heavy atom. The summed E-state index contributed by atoms with van der Waals surface area (Å²) in [5.41, 5.74) is 0.351.